The highest BCUT2D eigenvalue weighted by Crippen LogP contribution is 2.32. The van der Waals surface area contributed by atoms with Crippen molar-refractivity contribution >= 4 is 56.1 Å². The van der Waals surface area contributed by atoms with Crippen LogP contribution in [0.3, 0.4) is 0 Å². The maximum absolute atomic E-state index is 11.1. The molecule has 1 amide bonds. The second kappa shape index (κ2) is 6.61. The Morgan fingerprint density at radius 2 is 2.15 bits per heavy atom. The molecule has 3 nitrogen and oxygen atoms in total. The summed E-state index contributed by atoms with van der Waals surface area (Å²) in [5.41, 5.74) is 2.87. The van der Waals surface area contributed by atoms with Gasteiger partial charge in [-0.1, -0.05) is 11.6 Å². The molecule has 0 aliphatic heterocycles. The largest absolute Gasteiger partial charge is 0.380 e. The standard InChI is InChI=1S/C14H14BrClN2OS/c1-8-5-10(3-4-13(8)18-9(2)19)17-7-11-6-12(15)14(16)20-11/h3-6,17H,7H2,1-2H3,(H,18,19). The van der Waals surface area contributed by atoms with Gasteiger partial charge in [-0.05, 0) is 52.7 Å². The Kier molecular flexibility index (Phi) is 5.07. The van der Waals surface area contributed by atoms with Crippen LogP contribution in [0.1, 0.15) is 17.4 Å². The van der Waals surface area contributed by atoms with E-state index in [4.69, 9.17) is 11.6 Å². The summed E-state index contributed by atoms with van der Waals surface area (Å²) in [7, 11) is 0. The molecule has 20 heavy (non-hydrogen) atoms. The summed E-state index contributed by atoms with van der Waals surface area (Å²) in [4.78, 5) is 12.2. The summed E-state index contributed by atoms with van der Waals surface area (Å²) in [5.74, 6) is -0.0631. The van der Waals surface area contributed by atoms with Crippen molar-refractivity contribution in [3.05, 3.63) is 43.5 Å². The van der Waals surface area contributed by atoms with E-state index < -0.39 is 0 Å². The second-order valence-electron chi connectivity index (χ2n) is 4.40. The SMILES string of the molecule is CC(=O)Nc1ccc(NCc2cc(Br)c(Cl)s2)cc1C. The maximum atomic E-state index is 11.1. The third kappa shape index (κ3) is 3.98. The topological polar surface area (TPSA) is 41.1 Å². The molecule has 0 aliphatic carbocycles. The first-order chi connectivity index (χ1) is 9.45. The lowest BCUT2D eigenvalue weighted by atomic mass is 10.1. The molecule has 0 unspecified atom stereocenters. The summed E-state index contributed by atoms with van der Waals surface area (Å²) in [6.07, 6.45) is 0. The predicted molar refractivity (Wildman–Crippen MR) is 89.8 cm³/mol. The van der Waals surface area contributed by atoms with Crippen molar-refractivity contribution in [2.75, 3.05) is 10.6 Å². The van der Waals surface area contributed by atoms with Crippen LogP contribution in [-0.2, 0) is 11.3 Å². The van der Waals surface area contributed by atoms with E-state index in [9.17, 15) is 4.79 Å². The monoisotopic (exact) mass is 372 g/mol. The number of thiophene rings is 1. The number of anilines is 2. The van der Waals surface area contributed by atoms with E-state index in [1.807, 2.05) is 31.2 Å². The lowest BCUT2D eigenvalue weighted by Crippen LogP contribution is -2.07. The van der Waals surface area contributed by atoms with Crippen molar-refractivity contribution in [3.63, 3.8) is 0 Å². The van der Waals surface area contributed by atoms with Crippen LogP contribution in [0.2, 0.25) is 4.34 Å². The maximum Gasteiger partial charge on any atom is 0.221 e. The van der Waals surface area contributed by atoms with Crippen LogP contribution < -0.4 is 10.6 Å². The van der Waals surface area contributed by atoms with Gasteiger partial charge < -0.3 is 10.6 Å². The molecule has 1 aromatic carbocycles. The van der Waals surface area contributed by atoms with E-state index in [2.05, 4.69) is 26.6 Å². The van der Waals surface area contributed by atoms with Gasteiger partial charge in [0, 0.05) is 34.2 Å². The molecule has 6 heteroatoms. The van der Waals surface area contributed by atoms with Crippen molar-refractivity contribution in [2.24, 2.45) is 0 Å². The number of amides is 1. The average Bonchev–Trinajstić information content (AvgIpc) is 2.69. The number of hydrogen-bond acceptors (Lipinski definition) is 3. The highest BCUT2D eigenvalue weighted by atomic mass is 79.9. The van der Waals surface area contributed by atoms with Gasteiger partial charge in [0.15, 0.2) is 0 Å². The first-order valence-electron chi connectivity index (χ1n) is 6.01. The zero-order valence-corrected chi connectivity index (χ0v) is 14.2. The smallest absolute Gasteiger partial charge is 0.221 e. The fraction of sp³-hybridized carbons (Fsp3) is 0.214. The first kappa shape index (κ1) is 15.4. The summed E-state index contributed by atoms with van der Waals surface area (Å²) >= 11 is 11.0. The summed E-state index contributed by atoms with van der Waals surface area (Å²) in [6, 6.07) is 7.87. The molecule has 2 aromatic rings. The Morgan fingerprint density at radius 3 is 2.70 bits per heavy atom. The molecule has 0 fully saturated rings. The highest BCUT2D eigenvalue weighted by molar-refractivity contribution is 9.10. The van der Waals surface area contributed by atoms with E-state index in [0.29, 0.717) is 0 Å². The van der Waals surface area contributed by atoms with Crippen molar-refractivity contribution < 1.29 is 4.79 Å². The third-order valence-corrected chi connectivity index (χ3v) is 5.17. The molecule has 0 aliphatic rings. The number of halogens is 2. The Labute approximate surface area is 135 Å². The van der Waals surface area contributed by atoms with E-state index in [1.165, 1.54) is 6.92 Å². The van der Waals surface area contributed by atoms with Crippen LogP contribution in [0.4, 0.5) is 11.4 Å². The molecular weight excluding hydrogens is 360 g/mol. The highest BCUT2D eigenvalue weighted by Gasteiger charge is 2.05. The molecule has 1 aromatic heterocycles. The first-order valence-corrected chi connectivity index (χ1v) is 8.00. The minimum Gasteiger partial charge on any atom is -0.380 e. The lowest BCUT2D eigenvalue weighted by molar-refractivity contribution is -0.114. The van der Waals surface area contributed by atoms with Crippen LogP contribution >= 0.6 is 38.9 Å². The van der Waals surface area contributed by atoms with Gasteiger partial charge in [-0.2, -0.15) is 0 Å². The molecule has 0 saturated heterocycles. The number of aryl methyl sites for hydroxylation is 1. The van der Waals surface area contributed by atoms with Crippen LogP contribution in [0.25, 0.3) is 0 Å². The third-order valence-electron chi connectivity index (χ3n) is 2.70. The van der Waals surface area contributed by atoms with E-state index in [1.54, 1.807) is 11.3 Å². The van der Waals surface area contributed by atoms with Gasteiger partial charge in [-0.15, -0.1) is 11.3 Å². The minimum atomic E-state index is -0.0631. The Hall–Kier alpha value is -1.04. The van der Waals surface area contributed by atoms with Gasteiger partial charge in [0.2, 0.25) is 5.91 Å². The van der Waals surface area contributed by atoms with Gasteiger partial charge in [0.1, 0.15) is 4.34 Å². The Balaban J connectivity index is 2.03. The Bertz CT molecular complexity index is 623. The fourth-order valence-corrected chi connectivity index (χ4v) is 3.50. The normalized spacial score (nSPS) is 10.4. The fourth-order valence-electron chi connectivity index (χ4n) is 1.77. The van der Waals surface area contributed by atoms with Crippen molar-refractivity contribution in [2.45, 2.75) is 20.4 Å². The van der Waals surface area contributed by atoms with Crippen LogP contribution in [-0.4, -0.2) is 5.91 Å². The van der Waals surface area contributed by atoms with Crippen LogP contribution in [0.5, 0.6) is 0 Å². The van der Waals surface area contributed by atoms with E-state index in [0.717, 1.165) is 37.2 Å². The van der Waals surface area contributed by atoms with Gasteiger partial charge in [0.25, 0.3) is 0 Å². The average molecular weight is 374 g/mol. The van der Waals surface area contributed by atoms with Crippen molar-refractivity contribution in [1.82, 2.24) is 0 Å². The lowest BCUT2D eigenvalue weighted by Gasteiger charge is -2.10. The van der Waals surface area contributed by atoms with Crippen LogP contribution in [0, 0.1) is 6.92 Å². The van der Waals surface area contributed by atoms with E-state index in [-0.39, 0.29) is 5.91 Å². The molecule has 2 N–H and O–H groups in total. The zero-order chi connectivity index (χ0) is 14.7. The molecule has 0 bridgehead atoms. The number of hydrogen-bond donors (Lipinski definition) is 2. The molecule has 106 valence electrons. The number of rotatable bonds is 4. The number of carbonyl (C=O) groups is 1. The molecule has 0 spiro atoms. The van der Waals surface area contributed by atoms with Crippen molar-refractivity contribution in [1.29, 1.82) is 0 Å². The van der Waals surface area contributed by atoms with Crippen LogP contribution in [0.15, 0.2) is 28.7 Å². The summed E-state index contributed by atoms with van der Waals surface area (Å²) in [5, 5.41) is 6.14. The van der Waals surface area contributed by atoms with Gasteiger partial charge in [-0.3, -0.25) is 4.79 Å². The molecular formula is C14H14BrClN2OS. The zero-order valence-electron chi connectivity index (χ0n) is 11.1. The molecule has 1 heterocycles. The quantitative estimate of drug-likeness (QED) is 0.788. The molecule has 2 rings (SSSR count). The second-order valence-corrected chi connectivity index (χ2v) is 6.99. The Morgan fingerprint density at radius 1 is 1.40 bits per heavy atom. The predicted octanol–water partition coefficient (Wildman–Crippen LogP) is 5.04. The molecule has 0 saturated carbocycles. The van der Waals surface area contributed by atoms with Gasteiger partial charge in [-0.25, -0.2) is 0 Å². The molecule has 0 atom stereocenters. The molecule has 0 radical (unpaired) electrons. The van der Waals surface area contributed by atoms with Gasteiger partial charge in [0.05, 0.1) is 0 Å². The van der Waals surface area contributed by atoms with Crippen molar-refractivity contribution in [3.8, 4) is 0 Å². The minimum absolute atomic E-state index is 0.0631. The number of nitrogens with one attached hydrogen (secondary N) is 2. The number of carbonyl (C=O) groups excluding carboxylic acids is 1. The summed E-state index contributed by atoms with van der Waals surface area (Å²) in [6.45, 7) is 4.19. The summed E-state index contributed by atoms with van der Waals surface area (Å²) < 4.78 is 1.69. The van der Waals surface area contributed by atoms with Gasteiger partial charge >= 0.3 is 0 Å². The number of benzene rings is 1. The van der Waals surface area contributed by atoms with E-state index >= 15 is 0 Å².